The first kappa shape index (κ1) is 14.9. The Morgan fingerprint density at radius 2 is 1.76 bits per heavy atom. The van der Waals surface area contributed by atoms with Gasteiger partial charge in [0.15, 0.2) is 0 Å². The maximum atomic E-state index is 12.1. The van der Waals surface area contributed by atoms with Crippen molar-refractivity contribution in [2.45, 2.75) is 20.0 Å². The van der Waals surface area contributed by atoms with Crippen molar-refractivity contribution in [1.29, 1.82) is 0 Å². The van der Waals surface area contributed by atoms with E-state index in [2.05, 4.69) is 6.92 Å². The van der Waals surface area contributed by atoms with E-state index in [-0.39, 0.29) is 6.61 Å². The second-order valence-corrected chi connectivity index (χ2v) is 4.67. The molecule has 0 aliphatic carbocycles. The molecule has 0 aromatic heterocycles. The van der Waals surface area contributed by atoms with E-state index in [1.807, 2.05) is 24.3 Å². The Hall–Kier alpha value is -2.49. The molecule has 0 saturated carbocycles. The van der Waals surface area contributed by atoms with Crippen molar-refractivity contribution in [3.8, 4) is 5.75 Å². The molecule has 4 nitrogen and oxygen atoms in total. The van der Waals surface area contributed by atoms with E-state index >= 15 is 0 Å². The molecule has 2 aromatic carbocycles. The lowest BCUT2D eigenvalue weighted by molar-refractivity contribution is 0.0473. The smallest absolute Gasteiger partial charge is 0.340 e. The molecule has 2 aromatic rings. The Labute approximate surface area is 124 Å². The third-order valence-corrected chi connectivity index (χ3v) is 3.31. The summed E-state index contributed by atoms with van der Waals surface area (Å²) in [5.74, 6) is 0.0164. The van der Waals surface area contributed by atoms with Crippen LogP contribution in [0.2, 0.25) is 0 Å². The topological polar surface area (TPSA) is 61.5 Å². The van der Waals surface area contributed by atoms with Crippen LogP contribution in [0.3, 0.4) is 0 Å². The van der Waals surface area contributed by atoms with Crippen molar-refractivity contribution < 1.29 is 14.3 Å². The summed E-state index contributed by atoms with van der Waals surface area (Å²) in [5.41, 5.74) is 8.69. The van der Waals surface area contributed by atoms with Gasteiger partial charge in [0, 0.05) is 0 Å². The standard InChI is InChI=1S/C17H19NO3/c1-3-12-7-9-13(10-8-12)11-21-17(19)14-5-4-6-15(20-2)16(14)18/h4-10H,3,11,18H2,1-2H3. The molecule has 0 atom stereocenters. The van der Waals surface area contributed by atoms with Gasteiger partial charge in [-0.15, -0.1) is 0 Å². The van der Waals surface area contributed by atoms with Gasteiger partial charge in [-0.05, 0) is 29.7 Å². The minimum atomic E-state index is -0.453. The summed E-state index contributed by atoms with van der Waals surface area (Å²) in [4.78, 5) is 12.1. The summed E-state index contributed by atoms with van der Waals surface area (Å²) < 4.78 is 10.4. The number of hydrogen-bond acceptors (Lipinski definition) is 4. The van der Waals surface area contributed by atoms with Gasteiger partial charge < -0.3 is 15.2 Å². The van der Waals surface area contributed by atoms with Gasteiger partial charge in [0.1, 0.15) is 12.4 Å². The molecular weight excluding hydrogens is 266 g/mol. The summed E-state index contributed by atoms with van der Waals surface area (Å²) >= 11 is 0. The fourth-order valence-corrected chi connectivity index (χ4v) is 2.00. The number of benzene rings is 2. The Morgan fingerprint density at radius 1 is 1.10 bits per heavy atom. The van der Waals surface area contributed by atoms with E-state index in [0.717, 1.165) is 12.0 Å². The van der Waals surface area contributed by atoms with Crippen molar-refractivity contribution in [3.05, 3.63) is 59.2 Å². The SMILES string of the molecule is CCc1ccc(COC(=O)c2cccc(OC)c2N)cc1. The normalized spacial score (nSPS) is 10.2. The number of hydrogen-bond donors (Lipinski definition) is 1. The molecule has 0 aliphatic rings. The number of ether oxygens (including phenoxy) is 2. The molecule has 0 fully saturated rings. The first-order valence-electron chi connectivity index (χ1n) is 6.83. The Bertz CT molecular complexity index is 620. The Kier molecular flexibility index (Phi) is 4.82. The molecule has 2 rings (SSSR count). The van der Waals surface area contributed by atoms with Crippen LogP contribution in [0, 0.1) is 0 Å². The van der Waals surface area contributed by atoms with Gasteiger partial charge in [-0.3, -0.25) is 0 Å². The number of aryl methyl sites for hydroxylation is 1. The summed E-state index contributed by atoms with van der Waals surface area (Å²) in [5, 5.41) is 0. The van der Waals surface area contributed by atoms with Crippen LogP contribution in [0.5, 0.6) is 5.75 Å². The van der Waals surface area contributed by atoms with Crippen LogP contribution in [-0.4, -0.2) is 13.1 Å². The van der Waals surface area contributed by atoms with E-state index in [0.29, 0.717) is 17.0 Å². The summed E-state index contributed by atoms with van der Waals surface area (Å²) in [6.45, 7) is 2.32. The van der Waals surface area contributed by atoms with Crippen LogP contribution in [0.1, 0.15) is 28.4 Å². The third kappa shape index (κ3) is 3.54. The van der Waals surface area contributed by atoms with Gasteiger partial charge in [-0.1, -0.05) is 37.3 Å². The fourth-order valence-electron chi connectivity index (χ4n) is 2.00. The van der Waals surface area contributed by atoms with E-state index < -0.39 is 5.97 Å². The average molecular weight is 285 g/mol. The number of anilines is 1. The van der Waals surface area contributed by atoms with Crippen LogP contribution >= 0.6 is 0 Å². The quantitative estimate of drug-likeness (QED) is 0.677. The van der Waals surface area contributed by atoms with Crippen molar-refractivity contribution in [3.63, 3.8) is 0 Å². The van der Waals surface area contributed by atoms with Gasteiger partial charge in [0.2, 0.25) is 0 Å². The number of carbonyl (C=O) groups is 1. The van der Waals surface area contributed by atoms with Gasteiger partial charge in [-0.2, -0.15) is 0 Å². The molecule has 0 saturated heterocycles. The van der Waals surface area contributed by atoms with E-state index in [4.69, 9.17) is 15.2 Å². The molecule has 0 radical (unpaired) electrons. The lowest BCUT2D eigenvalue weighted by Gasteiger charge is -2.10. The highest BCUT2D eigenvalue weighted by Crippen LogP contribution is 2.25. The number of nitrogen functional groups attached to an aromatic ring is 1. The number of nitrogens with two attached hydrogens (primary N) is 1. The second kappa shape index (κ2) is 6.79. The molecule has 21 heavy (non-hydrogen) atoms. The molecule has 2 N–H and O–H groups in total. The summed E-state index contributed by atoms with van der Waals surface area (Å²) in [7, 11) is 1.51. The molecule has 0 spiro atoms. The summed E-state index contributed by atoms with van der Waals surface area (Å²) in [6.07, 6.45) is 0.987. The van der Waals surface area contributed by atoms with Crippen LogP contribution in [-0.2, 0) is 17.8 Å². The molecule has 0 aliphatic heterocycles. The van der Waals surface area contributed by atoms with Gasteiger partial charge in [0.25, 0.3) is 0 Å². The highest BCUT2D eigenvalue weighted by Gasteiger charge is 2.14. The lowest BCUT2D eigenvalue weighted by atomic mass is 10.1. The third-order valence-electron chi connectivity index (χ3n) is 3.31. The van der Waals surface area contributed by atoms with Crippen molar-refractivity contribution in [2.24, 2.45) is 0 Å². The zero-order valence-electron chi connectivity index (χ0n) is 12.3. The molecular formula is C17H19NO3. The van der Waals surface area contributed by atoms with Crippen LogP contribution in [0.4, 0.5) is 5.69 Å². The minimum Gasteiger partial charge on any atom is -0.495 e. The average Bonchev–Trinajstić information content (AvgIpc) is 2.53. The predicted octanol–water partition coefficient (Wildman–Crippen LogP) is 3.20. The van der Waals surface area contributed by atoms with Crippen molar-refractivity contribution in [1.82, 2.24) is 0 Å². The number of para-hydroxylation sites is 1. The molecule has 0 unspecified atom stereocenters. The number of methoxy groups -OCH3 is 1. The van der Waals surface area contributed by atoms with Crippen LogP contribution < -0.4 is 10.5 Å². The van der Waals surface area contributed by atoms with E-state index in [9.17, 15) is 4.79 Å². The zero-order valence-corrected chi connectivity index (χ0v) is 12.3. The molecule has 0 amide bonds. The van der Waals surface area contributed by atoms with Crippen molar-refractivity contribution >= 4 is 11.7 Å². The zero-order chi connectivity index (χ0) is 15.2. The fraction of sp³-hybridized carbons (Fsp3) is 0.235. The molecule has 4 heteroatoms. The second-order valence-electron chi connectivity index (χ2n) is 4.67. The van der Waals surface area contributed by atoms with Crippen LogP contribution in [0.25, 0.3) is 0 Å². The highest BCUT2D eigenvalue weighted by molar-refractivity contribution is 5.96. The Balaban J connectivity index is 2.04. The number of esters is 1. The largest absolute Gasteiger partial charge is 0.495 e. The number of rotatable bonds is 5. The summed E-state index contributed by atoms with van der Waals surface area (Å²) in [6, 6.07) is 13.0. The highest BCUT2D eigenvalue weighted by atomic mass is 16.5. The monoisotopic (exact) mass is 285 g/mol. The number of carbonyl (C=O) groups excluding carboxylic acids is 1. The first-order valence-corrected chi connectivity index (χ1v) is 6.83. The van der Waals surface area contributed by atoms with Gasteiger partial charge in [-0.25, -0.2) is 4.79 Å². The minimum absolute atomic E-state index is 0.222. The van der Waals surface area contributed by atoms with Gasteiger partial charge in [0.05, 0.1) is 18.4 Å². The maximum absolute atomic E-state index is 12.1. The lowest BCUT2D eigenvalue weighted by Crippen LogP contribution is -2.09. The van der Waals surface area contributed by atoms with Crippen molar-refractivity contribution in [2.75, 3.05) is 12.8 Å². The van der Waals surface area contributed by atoms with E-state index in [1.54, 1.807) is 18.2 Å². The molecule has 0 bridgehead atoms. The molecule has 110 valence electrons. The maximum Gasteiger partial charge on any atom is 0.340 e. The van der Waals surface area contributed by atoms with Crippen LogP contribution in [0.15, 0.2) is 42.5 Å². The molecule has 0 heterocycles. The first-order chi connectivity index (χ1) is 10.2. The van der Waals surface area contributed by atoms with Gasteiger partial charge >= 0.3 is 5.97 Å². The predicted molar refractivity (Wildman–Crippen MR) is 82.3 cm³/mol. The Morgan fingerprint density at radius 3 is 2.38 bits per heavy atom. The van der Waals surface area contributed by atoms with E-state index in [1.165, 1.54) is 12.7 Å².